The summed E-state index contributed by atoms with van der Waals surface area (Å²) in [4.78, 5) is 11.4. The number of ether oxygens (including phenoxy) is 1. The molecule has 0 heterocycles. The number of nitrogens with one attached hydrogen (secondary N) is 1. The molecule has 1 aromatic rings. The first-order valence-corrected chi connectivity index (χ1v) is 6.16. The first-order chi connectivity index (χ1) is 8.41. The lowest BCUT2D eigenvalue weighted by Gasteiger charge is -2.18. The highest BCUT2D eigenvalue weighted by Crippen LogP contribution is 2.22. The Bertz CT molecular complexity index is 402. The second-order valence-corrected chi connectivity index (χ2v) is 4.73. The van der Waals surface area contributed by atoms with Crippen molar-refractivity contribution in [3.63, 3.8) is 0 Å². The van der Waals surface area contributed by atoms with Gasteiger partial charge in [0.15, 0.2) is 0 Å². The zero-order valence-corrected chi connectivity index (χ0v) is 12.7. The van der Waals surface area contributed by atoms with Crippen LogP contribution in [-0.2, 0) is 4.79 Å². The number of carbonyl (C=O) groups excluding carboxylic acids is 1. The first kappa shape index (κ1) is 17.7. The van der Waals surface area contributed by atoms with Crippen LogP contribution in [0.4, 0.5) is 0 Å². The number of rotatable bonds is 5. The molecule has 19 heavy (non-hydrogen) atoms. The Morgan fingerprint density at radius 3 is 2.32 bits per heavy atom. The number of para-hydroxylation sites is 1. The van der Waals surface area contributed by atoms with E-state index in [1.54, 1.807) is 6.92 Å². The molecule has 1 unspecified atom stereocenters. The Balaban J connectivity index is 0.00000324. The van der Waals surface area contributed by atoms with Gasteiger partial charge in [-0.2, -0.15) is 0 Å². The van der Waals surface area contributed by atoms with Crippen LogP contribution in [0.25, 0.3) is 0 Å². The highest BCUT2D eigenvalue weighted by Gasteiger charge is 2.12. The molecule has 108 valence electrons. The Kier molecular flexibility index (Phi) is 7.49. The predicted molar refractivity (Wildman–Crippen MR) is 79.9 cm³/mol. The highest BCUT2D eigenvalue weighted by molar-refractivity contribution is 5.85. The van der Waals surface area contributed by atoms with E-state index in [-0.39, 0.29) is 24.4 Å². The largest absolute Gasteiger partial charge is 0.491 e. The number of aryl methyl sites for hydroxylation is 2. The predicted octanol–water partition coefficient (Wildman–Crippen LogP) is 1.96. The normalized spacial score (nSPS) is 13.1. The molecule has 3 N–H and O–H groups in total. The van der Waals surface area contributed by atoms with Gasteiger partial charge in [0, 0.05) is 0 Å². The van der Waals surface area contributed by atoms with Crippen LogP contribution in [0.5, 0.6) is 5.75 Å². The third-order valence-corrected chi connectivity index (χ3v) is 2.69. The third kappa shape index (κ3) is 5.49. The molecule has 0 aliphatic rings. The molecule has 2 atom stereocenters. The van der Waals surface area contributed by atoms with E-state index in [1.165, 1.54) is 0 Å². The summed E-state index contributed by atoms with van der Waals surface area (Å²) < 4.78 is 5.75. The summed E-state index contributed by atoms with van der Waals surface area (Å²) in [7, 11) is 0. The van der Waals surface area contributed by atoms with Gasteiger partial charge in [0.2, 0.25) is 5.91 Å². The lowest BCUT2D eigenvalue weighted by Crippen LogP contribution is -2.44. The lowest BCUT2D eigenvalue weighted by molar-refractivity contribution is -0.122. The van der Waals surface area contributed by atoms with Gasteiger partial charge >= 0.3 is 0 Å². The number of hydrogen-bond donors (Lipinski definition) is 2. The number of carbonyl (C=O) groups is 1. The van der Waals surface area contributed by atoms with Crippen molar-refractivity contribution in [3.05, 3.63) is 29.3 Å². The number of hydrogen-bond acceptors (Lipinski definition) is 3. The summed E-state index contributed by atoms with van der Waals surface area (Å²) in [6, 6.07) is 5.45. The zero-order valence-electron chi connectivity index (χ0n) is 11.9. The fourth-order valence-corrected chi connectivity index (χ4v) is 1.65. The van der Waals surface area contributed by atoms with Crippen molar-refractivity contribution >= 4 is 18.3 Å². The van der Waals surface area contributed by atoms with Crippen molar-refractivity contribution in [1.29, 1.82) is 0 Å². The molecule has 0 radical (unpaired) electrons. The van der Waals surface area contributed by atoms with Gasteiger partial charge in [-0.25, -0.2) is 0 Å². The Morgan fingerprint density at radius 1 is 1.32 bits per heavy atom. The highest BCUT2D eigenvalue weighted by atomic mass is 35.5. The fraction of sp³-hybridized carbons (Fsp3) is 0.500. The van der Waals surface area contributed by atoms with Gasteiger partial charge in [0.25, 0.3) is 0 Å². The summed E-state index contributed by atoms with van der Waals surface area (Å²) in [5, 5.41) is 2.80. The van der Waals surface area contributed by atoms with Gasteiger partial charge in [-0.3, -0.25) is 4.79 Å². The zero-order chi connectivity index (χ0) is 13.7. The molecule has 1 aromatic carbocycles. The minimum atomic E-state index is -0.493. The number of nitrogens with two attached hydrogens (primary N) is 1. The van der Waals surface area contributed by atoms with Gasteiger partial charge < -0.3 is 15.8 Å². The Hall–Kier alpha value is -1.26. The van der Waals surface area contributed by atoms with Crippen molar-refractivity contribution in [2.75, 3.05) is 6.61 Å². The quantitative estimate of drug-likeness (QED) is 0.870. The van der Waals surface area contributed by atoms with Gasteiger partial charge in [-0.05, 0) is 38.8 Å². The second kappa shape index (κ2) is 8.02. The van der Waals surface area contributed by atoms with E-state index in [1.807, 2.05) is 39.0 Å². The molecule has 5 heteroatoms. The monoisotopic (exact) mass is 286 g/mol. The summed E-state index contributed by atoms with van der Waals surface area (Å²) in [5.74, 6) is 0.729. The van der Waals surface area contributed by atoms with Crippen LogP contribution in [0.1, 0.15) is 25.0 Å². The molecule has 4 nitrogen and oxygen atoms in total. The smallest absolute Gasteiger partial charge is 0.236 e. The SMILES string of the molecule is Cc1cccc(C)c1OCC(C)NC(=O)[C@H](C)N.Cl. The van der Waals surface area contributed by atoms with Gasteiger partial charge in [-0.15, -0.1) is 12.4 Å². The summed E-state index contributed by atoms with van der Waals surface area (Å²) in [6.07, 6.45) is 0. The number of halogens is 1. The average Bonchev–Trinajstić information content (AvgIpc) is 2.28. The molecule has 0 aliphatic carbocycles. The van der Waals surface area contributed by atoms with E-state index in [4.69, 9.17) is 10.5 Å². The van der Waals surface area contributed by atoms with Crippen LogP contribution in [0, 0.1) is 13.8 Å². The molecule has 0 bridgehead atoms. The summed E-state index contributed by atoms with van der Waals surface area (Å²) in [5.41, 5.74) is 7.68. The van der Waals surface area contributed by atoms with Crippen LogP contribution in [0.3, 0.4) is 0 Å². The van der Waals surface area contributed by atoms with Crippen LogP contribution in [0.2, 0.25) is 0 Å². The molecule has 0 saturated carbocycles. The van der Waals surface area contributed by atoms with E-state index in [0.29, 0.717) is 6.61 Å². The molecule has 0 aliphatic heterocycles. The Labute approximate surface area is 121 Å². The van der Waals surface area contributed by atoms with Crippen molar-refractivity contribution in [1.82, 2.24) is 5.32 Å². The number of benzene rings is 1. The van der Waals surface area contributed by atoms with Crippen LogP contribution < -0.4 is 15.8 Å². The third-order valence-electron chi connectivity index (χ3n) is 2.69. The standard InChI is InChI=1S/C14H22N2O2.ClH/c1-9-6-5-7-10(2)13(9)18-8-11(3)16-14(17)12(4)15;/h5-7,11-12H,8,15H2,1-4H3,(H,16,17);1H/t11?,12-;/m0./s1. The second-order valence-electron chi connectivity index (χ2n) is 4.73. The fourth-order valence-electron chi connectivity index (χ4n) is 1.65. The minimum Gasteiger partial charge on any atom is -0.491 e. The lowest BCUT2D eigenvalue weighted by atomic mass is 10.1. The molecule has 1 rings (SSSR count). The van der Waals surface area contributed by atoms with Gasteiger partial charge in [0.1, 0.15) is 12.4 Å². The minimum absolute atomic E-state index is 0. The van der Waals surface area contributed by atoms with Gasteiger partial charge in [-0.1, -0.05) is 18.2 Å². The number of amides is 1. The summed E-state index contributed by atoms with van der Waals surface area (Å²) in [6.45, 7) is 8.01. The maximum Gasteiger partial charge on any atom is 0.236 e. The van der Waals surface area contributed by atoms with Crippen LogP contribution in [0.15, 0.2) is 18.2 Å². The molecule has 0 fully saturated rings. The van der Waals surface area contributed by atoms with Crippen molar-refractivity contribution in [3.8, 4) is 5.75 Å². The summed E-state index contributed by atoms with van der Waals surface area (Å²) >= 11 is 0. The van der Waals surface area contributed by atoms with Gasteiger partial charge in [0.05, 0.1) is 12.1 Å². The molecular formula is C14H23ClN2O2. The van der Waals surface area contributed by atoms with E-state index in [2.05, 4.69) is 5.32 Å². The molecule has 0 spiro atoms. The first-order valence-electron chi connectivity index (χ1n) is 6.16. The van der Waals surface area contributed by atoms with E-state index in [0.717, 1.165) is 16.9 Å². The maximum absolute atomic E-state index is 11.4. The van der Waals surface area contributed by atoms with E-state index < -0.39 is 6.04 Å². The van der Waals surface area contributed by atoms with Crippen LogP contribution in [-0.4, -0.2) is 24.6 Å². The Morgan fingerprint density at radius 2 is 1.84 bits per heavy atom. The average molecular weight is 287 g/mol. The van der Waals surface area contributed by atoms with Crippen LogP contribution >= 0.6 is 12.4 Å². The van der Waals surface area contributed by atoms with Crippen molar-refractivity contribution in [2.45, 2.75) is 39.8 Å². The van der Waals surface area contributed by atoms with Crippen molar-refractivity contribution < 1.29 is 9.53 Å². The van der Waals surface area contributed by atoms with Crippen molar-refractivity contribution in [2.24, 2.45) is 5.73 Å². The maximum atomic E-state index is 11.4. The molecular weight excluding hydrogens is 264 g/mol. The molecule has 0 aromatic heterocycles. The topological polar surface area (TPSA) is 64.3 Å². The molecule has 0 saturated heterocycles. The molecule has 1 amide bonds. The van der Waals surface area contributed by atoms with E-state index >= 15 is 0 Å². The van der Waals surface area contributed by atoms with E-state index in [9.17, 15) is 4.79 Å².